The van der Waals surface area contributed by atoms with Crippen LogP contribution >= 0.6 is 0 Å². The Morgan fingerprint density at radius 1 is 0.958 bits per heavy atom. The fourth-order valence-corrected chi connectivity index (χ4v) is 8.05. The number of aromatic nitrogens is 3. The number of anilines is 1. The van der Waals surface area contributed by atoms with Gasteiger partial charge in [0, 0.05) is 36.7 Å². The lowest BCUT2D eigenvalue weighted by Crippen LogP contribution is -2.44. The van der Waals surface area contributed by atoms with Gasteiger partial charge in [-0.3, -0.25) is 13.9 Å². The molecular weight excluding hydrogens is 619 g/mol. The molecule has 3 aromatic rings. The minimum Gasteiger partial charge on any atom is -0.363 e. The molecule has 48 heavy (non-hydrogen) atoms. The van der Waals surface area contributed by atoms with Crippen LogP contribution in [0.3, 0.4) is 0 Å². The molecule has 258 valence electrons. The zero-order valence-electron chi connectivity index (χ0n) is 28.4. The summed E-state index contributed by atoms with van der Waals surface area (Å²) in [5.74, 6) is -5.18. The molecule has 9 rings (SSSR count). The van der Waals surface area contributed by atoms with Gasteiger partial charge < -0.3 is 15.1 Å². The van der Waals surface area contributed by atoms with Crippen LogP contribution < -0.4 is 16.6 Å². The van der Waals surface area contributed by atoms with Crippen LogP contribution in [0.1, 0.15) is 87.9 Å². The topological polar surface area (TPSA) is 99.2 Å². The highest BCUT2D eigenvalue weighted by molar-refractivity contribution is 5.88. The first-order chi connectivity index (χ1) is 22.9. The van der Waals surface area contributed by atoms with Gasteiger partial charge in [-0.05, 0) is 91.7 Å². The summed E-state index contributed by atoms with van der Waals surface area (Å²) in [6.07, 6.45) is 4.83. The molecule has 0 spiro atoms. The monoisotopic (exact) mass is 665 g/mol. The highest BCUT2D eigenvalue weighted by atomic mass is 19.3. The highest BCUT2D eigenvalue weighted by Gasteiger charge is 2.45. The molecule has 2 atom stereocenters. The van der Waals surface area contributed by atoms with Crippen LogP contribution in [-0.4, -0.2) is 63.2 Å². The fourth-order valence-electron chi connectivity index (χ4n) is 8.05. The summed E-state index contributed by atoms with van der Waals surface area (Å²) in [6, 6.07) is 7.56. The number of benzene rings is 1. The summed E-state index contributed by atoms with van der Waals surface area (Å²) in [4.78, 5) is 36.4. The number of pyridine rings is 1. The normalized spacial score (nSPS) is 26.5. The Labute approximate surface area is 279 Å². The SMILES string of the molecule is CC1CCCCCn2c(=O)nc(c3cc(C4(C#N)CCN(C)CC4)c(=O)n(C)c32)N[C@H](C)c2cccc(c2F)C(F)(F)C2CCN1CC2. The van der Waals surface area contributed by atoms with Crippen LogP contribution in [0.2, 0.25) is 0 Å². The molecule has 12 heteroatoms. The number of halogens is 3. The number of likely N-dealkylation sites (tertiary alicyclic amines) is 1. The maximum absolute atomic E-state index is 16.2. The Balaban J connectivity index is 1.51. The lowest BCUT2D eigenvalue weighted by Gasteiger charge is -2.39. The summed E-state index contributed by atoms with van der Waals surface area (Å²) in [5, 5.41) is 14.0. The Hall–Kier alpha value is -3.69. The smallest absolute Gasteiger partial charge is 0.351 e. The van der Waals surface area contributed by atoms with Gasteiger partial charge in [0.05, 0.1) is 28.5 Å². The van der Waals surface area contributed by atoms with Crippen molar-refractivity contribution in [2.75, 3.05) is 38.5 Å². The molecule has 2 fully saturated rings. The van der Waals surface area contributed by atoms with E-state index >= 15 is 13.2 Å². The second-order valence-electron chi connectivity index (χ2n) is 14.3. The molecule has 0 aliphatic carbocycles. The van der Waals surface area contributed by atoms with Gasteiger partial charge in [0.2, 0.25) is 0 Å². The largest absolute Gasteiger partial charge is 0.363 e. The summed E-state index contributed by atoms with van der Waals surface area (Å²) in [6.45, 7) is 6.48. The summed E-state index contributed by atoms with van der Waals surface area (Å²) in [7, 11) is 3.58. The predicted molar refractivity (Wildman–Crippen MR) is 180 cm³/mol. The van der Waals surface area contributed by atoms with Gasteiger partial charge in [0.25, 0.3) is 11.5 Å². The average Bonchev–Trinajstić information content (AvgIpc) is 3.07. The molecule has 6 bridgehead atoms. The number of alkyl halides is 2. The van der Waals surface area contributed by atoms with Crippen molar-refractivity contribution in [3.8, 4) is 6.07 Å². The van der Waals surface area contributed by atoms with Crippen molar-refractivity contribution in [1.82, 2.24) is 23.9 Å². The number of nitrogens with zero attached hydrogens (tertiary/aromatic N) is 6. The van der Waals surface area contributed by atoms with Crippen LogP contribution in [0.25, 0.3) is 11.0 Å². The van der Waals surface area contributed by atoms with E-state index in [1.807, 2.05) is 7.05 Å². The second-order valence-corrected chi connectivity index (χ2v) is 14.3. The zero-order chi connectivity index (χ0) is 34.4. The van der Waals surface area contributed by atoms with Gasteiger partial charge >= 0.3 is 5.69 Å². The van der Waals surface area contributed by atoms with E-state index in [0.29, 0.717) is 81.4 Å². The van der Waals surface area contributed by atoms with Gasteiger partial charge in [0.15, 0.2) is 0 Å². The Bertz CT molecular complexity index is 1830. The maximum Gasteiger partial charge on any atom is 0.351 e. The minimum atomic E-state index is -3.35. The van der Waals surface area contributed by atoms with E-state index in [1.165, 1.54) is 27.3 Å². The van der Waals surface area contributed by atoms with Crippen molar-refractivity contribution in [3.63, 3.8) is 0 Å². The van der Waals surface area contributed by atoms with E-state index in [0.717, 1.165) is 19.3 Å². The van der Waals surface area contributed by atoms with Gasteiger partial charge in [-0.2, -0.15) is 10.2 Å². The standard InChI is InChI=1S/C36H46F3N7O2/c1-23-9-6-5-7-16-46-32-27(21-29(33(47)44(32)4)35(22-40)14-19-43(3)20-15-35)31(42-34(46)48)41-24(2)26-10-8-11-28(30(26)37)36(38,39)25-12-17-45(23)18-13-25/h8,10-11,21,23-25H,5-7,9,12-20H2,1-4H3,(H,41,42,48)/t23?,24-/m1/s1. The number of rotatable bonds is 1. The van der Waals surface area contributed by atoms with Crippen LogP contribution in [-0.2, 0) is 24.9 Å². The van der Waals surface area contributed by atoms with E-state index in [2.05, 4.69) is 33.1 Å². The first-order valence-corrected chi connectivity index (χ1v) is 17.3. The Morgan fingerprint density at radius 3 is 2.35 bits per heavy atom. The third-order valence-corrected chi connectivity index (χ3v) is 11.3. The van der Waals surface area contributed by atoms with Crippen molar-refractivity contribution < 1.29 is 13.2 Å². The molecule has 1 aromatic carbocycles. The summed E-state index contributed by atoms with van der Waals surface area (Å²) < 4.78 is 51.1. The quantitative estimate of drug-likeness (QED) is 0.358. The second kappa shape index (κ2) is 13.3. The third kappa shape index (κ3) is 6.04. The molecule has 6 aliphatic heterocycles. The first-order valence-electron chi connectivity index (χ1n) is 17.3. The minimum absolute atomic E-state index is 0.0284. The van der Waals surface area contributed by atoms with Gasteiger partial charge in [-0.1, -0.05) is 31.0 Å². The maximum atomic E-state index is 16.2. The van der Waals surface area contributed by atoms with Crippen molar-refractivity contribution in [2.45, 2.75) is 95.2 Å². The van der Waals surface area contributed by atoms with Crippen molar-refractivity contribution in [1.29, 1.82) is 5.26 Å². The first kappa shape index (κ1) is 34.2. The molecule has 0 radical (unpaired) electrons. The number of hydrogen-bond acceptors (Lipinski definition) is 7. The van der Waals surface area contributed by atoms with E-state index in [4.69, 9.17) is 0 Å². The molecule has 8 heterocycles. The third-order valence-electron chi connectivity index (χ3n) is 11.3. The molecule has 9 nitrogen and oxygen atoms in total. The molecular formula is C36H46F3N7O2. The van der Waals surface area contributed by atoms with Crippen LogP contribution in [0, 0.1) is 23.1 Å². The molecule has 6 aliphatic rings. The molecule has 0 amide bonds. The van der Waals surface area contributed by atoms with E-state index in [9.17, 15) is 14.9 Å². The lowest BCUT2D eigenvalue weighted by atomic mass is 9.74. The molecule has 2 saturated heterocycles. The Kier molecular flexibility index (Phi) is 9.48. The highest BCUT2D eigenvalue weighted by Crippen LogP contribution is 2.44. The summed E-state index contributed by atoms with van der Waals surface area (Å²) >= 11 is 0. The van der Waals surface area contributed by atoms with Gasteiger partial charge in [-0.15, -0.1) is 0 Å². The van der Waals surface area contributed by atoms with Crippen LogP contribution in [0.5, 0.6) is 0 Å². The lowest BCUT2D eigenvalue weighted by molar-refractivity contribution is -0.0907. The number of nitrogens with one attached hydrogen (secondary N) is 1. The van der Waals surface area contributed by atoms with E-state index < -0.39 is 40.4 Å². The molecule has 1 unspecified atom stereocenters. The molecule has 1 N–H and O–H groups in total. The number of piperidine rings is 2. The van der Waals surface area contributed by atoms with Crippen molar-refractivity contribution in [2.24, 2.45) is 13.0 Å². The number of hydrogen-bond donors (Lipinski definition) is 1. The fraction of sp³-hybridized carbons (Fsp3) is 0.611. The van der Waals surface area contributed by atoms with Crippen molar-refractivity contribution >= 4 is 16.9 Å². The number of aryl methyl sites for hydroxylation is 2. The van der Waals surface area contributed by atoms with Gasteiger partial charge in [0.1, 0.15) is 17.3 Å². The summed E-state index contributed by atoms with van der Waals surface area (Å²) in [5.41, 5.74) is -1.85. The van der Waals surface area contributed by atoms with Crippen LogP contribution in [0.4, 0.5) is 19.0 Å². The number of nitriles is 1. The Morgan fingerprint density at radius 2 is 1.67 bits per heavy atom. The van der Waals surface area contributed by atoms with Gasteiger partial charge in [-0.25, -0.2) is 18.0 Å². The van der Waals surface area contributed by atoms with Crippen LogP contribution in [0.15, 0.2) is 33.9 Å². The molecule has 2 aromatic heterocycles. The van der Waals surface area contributed by atoms with Crippen molar-refractivity contribution in [3.05, 3.63) is 67.6 Å². The zero-order valence-corrected chi connectivity index (χ0v) is 28.4. The predicted octanol–water partition coefficient (Wildman–Crippen LogP) is 5.66. The van der Waals surface area contributed by atoms with E-state index in [-0.39, 0.29) is 23.0 Å². The van der Waals surface area contributed by atoms with E-state index in [1.54, 1.807) is 20.0 Å². The molecule has 0 saturated carbocycles. The average molecular weight is 666 g/mol.